The van der Waals surface area contributed by atoms with Crippen LogP contribution in [0.1, 0.15) is 38.6 Å². The third kappa shape index (κ3) is 2.73. The van der Waals surface area contributed by atoms with E-state index < -0.39 is 0 Å². The molecule has 1 fully saturated rings. The van der Waals surface area contributed by atoms with Gasteiger partial charge in [0.25, 0.3) is 5.91 Å². The number of carbonyl (C=O) groups is 2. The summed E-state index contributed by atoms with van der Waals surface area (Å²) >= 11 is 1.52. The quantitative estimate of drug-likeness (QED) is 0.929. The van der Waals surface area contributed by atoms with Crippen LogP contribution in [0.3, 0.4) is 0 Å². The van der Waals surface area contributed by atoms with E-state index in [1.807, 2.05) is 35.7 Å². The molecule has 0 radical (unpaired) electrons. The molecular formula is C17H20N4O2S. The van der Waals surface area contributed by atoms with Crippen molar-refractivity contribution in [3.63, 3.8) is 0 Å². The van der Waals surface area contributed by atoms with Gasteiger partial charge < -0.3 is 10.2 Å². The number of aromatic nitrogens is 2. The lowest BCUT2D eigenvalue weighted by atomic mass is 10.1. The van der Waals surface area contributed by atoms with Crippen LogP contribution >= 0.6 is 11.3 Å². The molecule has 1 saturated carbocycles. The Kier molecular flexibility index (Phi) is 3.68. The maximum atomic E-state index is 12.7. The van der Waals surface area contributed by atoms with E-state index in [1.54, 1.807) is 0 Å². The summed E-state index contributed by atoms with van der Waals surface area (Å²) in [7, 11) is 1.89. The summed E-state index contributed by atoms with van der Waals surface area (Å²) in [5, 5.41) is 7.41. The van der Waals surface area contributed by atoms with Gasteiger partial charge >= 0.3 is 0 Å². The summed E-state index contributed by atoms with van der Waals surface area (Å²) in [6.45, 7) is 3.18. The first-order valence-corrected chi connectivity index (χ1v) is 9.06. The Bertz CT molecular complexity index is 819. The molecule has 0 aromatic carbocycles. The third-order valence-electron chi connectivity index (χ3n) is 4.67. The number of aryl methyl sites for hydroxylation is 2. The number of fused-ring (bicyclic) bond motifs is 1. The first kappa shape index (κ1) is 15.4. The Morgan fingerprint density at radius 2 is 2.12 bits per heavy atom. The lowest BCUT2D eigenvalue weighted by molar-refractivity contribution is -0.117. The van der Waals surface area contributed by atoms with Gasteiger partial charge in [-0.2, -0.15) is 5.10 Å². The monoisotopic (exact) mass is 344 g/mol. The summed E-state index contributed by atoms with van der Waals surface area (Å²) in [5.41, 5.74) is 2.08. The molecule has 126 valence electrons. The molecule has 1 aliphatic carbocycles. The molecular weight excluding hydrogens is 324 g/mol. The number of anilines is 1. The zero-order valence-electron chi connectivity index (χ0n) is 13.8. The lowest BCUT2D eigenvalue weighted by Gasteiger charge is -2.27. The molecule has 24 heavy (non-hydrogen) atoms. The number of thiophene rings is 1. The van der Waals surface area contributed by atoms with Crippen LogP contribution in [0.25, 0.3) is 0 Å². The molecule has 0 saturated heterocycles. The molecule has 2 aromatic heterocycles. The number of carbonyl (C=O) groups excluding carboxylic acids is 2. The standard InChI is InChI=1S/C17H20N4O2S/c1-10-3-6-14(24-10)17(23)21-8-7-13-12(9-21)15(19-20(13)2)18-16(22)11-4-5-11/h3,6,11H,4-5,7-9H2,1-2H3,(H,18,19,22). The van der Waals surface area contributed by atoms with E-state index in [0.29, 0.717) is 18.9 Å². The molecule has 0 unspecified atom stereocenters. The highest BCUT2D eigenvalue weighted by Crippen LogP contribution is 2.32. The smallest absolute Gasteiger partial charge is 0.264 e. The second kappa shape index (κ2) is 5.73. The molecule has 4 rings (SSSR count). The molecule has 3 heterocycles. The molecule has 0 spiro atoms. The second-order valence-electron chi connectivity index (χ2n) is 6.55. The summed E-state index contributed by atoms with van der Waals surface area (Å²) in [4.78, 5) is 28.5. The van der Waals surface area contributed by atoms with Gasteiger partial charge in [0, 0.05) is 42.1 Å². The van der Waals surface area contributed by atoms with Crippen molar-refractivity contribution < 1.29 is 9.59 Å². The zero-order valence-corrected chi connectivity index (χ0v) is 14.7. The second-order valence-corrected chi connectivity index (χ2v) is 7.84. The Balaban J connectivity index is 1.56. The van der Waals surface area contributed by atoms with E-state index in [0.717, 1.165) is 40.3 Å². The van der Waals surface area contributed by atoms with Crippen molar-refractivity contribution in [2.45, 2.75) is 32.7 Å². The van der Waals surface area contributed by atoms with Crippen LogP contribution < -0.4 is 5.32 Å². The summed E-state index contributed by atoms with van der Waals surface area (Å²) in [6.07, 6.45) is 2.68. The predicted molar refractivity (Wildman–Crippen MR) is 92.1 cm³/mol. The fraction of sp³-hybridized carbons (Fsp3) is 0.471. The normalized spacial score (nSPS) is 16.8. The molecule has 1 N–H and O–H groups in total. The van der Waals surface area contributed by atoms with Crippen molar-refractivity contribution in [1.82, 2.24) is 14.7 Å². The van der Waals surface area contributed by atoms with Crippen LogP contribution in [0.2, 0.25) is 0 Å². The van der Waals surface area contributed by atoms with Gasteiger partial charge in [0.15, 0.2) is 5.82 Å². The number of hydrogen-bond donors (Lipinski definition) is 1. The van der Waals surface area contributed by atoms with Crippen LogP contribution in [0.5, 0.6) is 0 Å². The summed E-state index contributed by atoms with van der Waals surface area (Å²) < 4.78 is 1.83. The number of hydrogen-bond acceptors (Lipinski definition) is 4. The topological polar surface area (TPSA) is 67.2 Å². The minimum absolute atomic E-state index is 0.0493. The first-order valence-electron chi connectivity index (χ1n) is 8.24. The summed E-state index contributed by atoms with van der Waals surface area (Å²) in [6, 6.07) is 3.86. The first-order chi connectivity index (χ1) is 11.5. The van der Waals surface area contributed by atoms with Gasteiger partial charge in [-0.1, -0.05) is 0 Å². The van der Waals surface area contributed by atoms with E-state index in [9.17, 15) is 9.59 Å². The Labute approximate surface area is 144 Å². The molecule has 2 aromatic rings. The van der Waals surface area contributed by atoms with E-state index in [4.69, 9.17) is 0 Å². The van der Waals surface area contributed by atoms with Crippen molar-refractivity contribution in [2.75, 3.05) is 11.9 Å². The maximum absolute atomic E-state index is 12.7. The fourth-order valence-corrected chi connectivity index (χ4v) is 3.97. The maximum Gasteiger partial charge on any atom is 0.264 e. The number of rotatable bonds is 3. The largest absolute Gasteiger partial charge is 0.333 e. The highest BCUT2D eigenvalue weighted by Gasteiger charge is 2.33. The average Bonchev–Trinajstić information content (AvgIpc) is 3.27. The van der Waals surface area contributed by atoms with Crippen LogP contribution in [-0.2, 0) is 24.8 Å². The van der Waals surface area contributed by atoms with Gasteiger partial charge in [-0.05, 0) is 31.9 Å². The lowest BCUT2D eigenvalue weighted by Crippen LogP contribution is -2.36. The van der Waals surface area contributed by atoms with E-state index >= 15 is 0 Å². The Morgan fingerprint density at radius 3 is 2.79 bits per heavy atom. The third-order valence-corrected chi connectivity index (χ3v) is 5.66. The minimum atomic E-state index is 0.0493. The van der Waals surface area contributed by atoms with Crippen LogP contribution in [-0.4, -0.2) is 33.0 Å². The Hall–Kier alpha value is -2.15. The SMILES string of the molecule is Cc1ccc(C(=O)N2CCc3c(c(NC(=O)C4CC4)nn3C)C2)s1. The van der Waals surface area contributed by atoms with Gasteiger partial charge in [-0.3, -0.25) is 14.3 Å². The predicted octanol–water partition coefficient (Wildman–Crippen LogP) is 2.34. The van der Waals surface area contributed by atoms with Crippen molar-refractivity contribution in [3.05, 3.63) is 33.1 Å². The molecule has 7 heteroatoms. The molecule has 1 aliphatic heterocycles. The number of amides is 2. The van der Waals surface area contributed by atoms with Crippen molar-refractivity contribution >= 4 is 29.0 Å². The zero-order chi connectivity index (χ0) is 16.8. The minimum Gasteiger partial charge on any atom is -0.333 e. The summed E-state index contributed by atoms with van der Waals surface area (Å²) in [5.74, 6) is 0.859. The number of nitrogens with one attached hydrogen (secondary N) is 1. The molecule has 2 aliphatic rings. The average molecular weight is 344 g/mol. The highest BCUT2D eigenvalue weighted by molar-refractivity contribution is 7.13. The van der Waals surface area contributed by atoms with Gasteiger partial charge in [0.2, 0.25) is 5.91 Å². The molecule has 2 amide bonds. The van der Waals surface area contributed by atoms with Gasteiger partial charge in [0.1, 0.15) is 0 Å². The van der Waals surface area contributed by atoms with E-state index in [-0.39, 0.29) is 17.7 Å². The van der Waals surface area contributed by atoms with Crippen molar-refractivity contribution in [3.8, 4) is 0 Å². The van der Waals surface area contributed by atoms with Crippen LogP contribution in [0.4, 0.5) is 5.82 Å². The van der Waals surface area contributed by atoms with E-state index in [1.165, 1.54) is 11.3 Å². The van der Waals surface area contributed by atoms with Gasteiger partial charge in [-0.25, -0.2) is 0 Å². The van der Waals surface area contributed by atoms with Crippen LogP contribution in [0.15, 0.2) is 12.1 Å². The number of nitrogens with zero attached hydrogens (tertiary/aromatic N) is 3. The van der Waals surface area contributed by atoms with Crippen molar-refractivity contribution in [1.29, 1.82) is 0 Å². The molecule has 0 bridgehead atoms. The van der Waals surface area contributed by atoms with Gasteiger partial charge in [0.05, 0.1) is 11.4 Å². The van der Waals surface area contributed by atoms with Crippen molar-refractivity contribution in [2.24, 2.45) is 13.0 Å². The van der Waals surface area contributed by atoms with E-state index in [2.05, 4.69) is 10.4 Å². The fourth-order valence-electron chi connectivity index (χ4n) is 3.14. The molecule has 6 nitrogen and oxygen atoms in total. The highest BCUT2D eigenvalue weighted by atomic mass is 32.1. The Morgan fingerprint density at radius 1 is 1.33 bits per heavy atom. The molecule has 0 atom stereocenters. The van der Waals surface area contributed by atoms with Crippen LogP contribution in [0, 0.1) is 12.8 Å². The van der Waals surface area contributed by atoms with Gasteiger partial charge in [-0.15, -0.1) is 11.3 Å².